The number of phenolic OH excluding ortho intramolecular Hbond substituents is 1. The summed E-state index contributed by atoms with van der Waals surface area (Å²) < 4.78 is 43.0. The van der Waals surface area contributed by atoms with Crippen LogP contribution in [0.5, 0.6) is 11.5 Å². The summed E-state index contributed by atoms with van der Waals surface area (Å²) in [6, 6.07) is 4.08. The minimum absolute atomic E-state index is 0.0941. The Morgan fingerprint density at radius 2 is 2.16 bits per heavy atom. The SMILES string of the molecule is C[NH+]1CCC23c4c5ccc(O)c4OC2C(OS(=O)(=O)O)CCC3C1C5. The van der Waals surface area contributed by atoms with E-state index in [0.717, 1.165) is 31.4 Å². The van der Waals surface area contributed by atoms with Crippen molar-refractivity contribution in [2.45, 2.75) is 49.3 Å². The van der Waals surface area contributed by atoms with E-state index in [1.54, 1.807) is 6.07 Å². The van der Waals surface area contributed by atoms with Crippen molar-refractivity contribution in [3.8, 4) is 11.5 Å². The Balaban J connectivity index is 1.70. The van der Waals surface area contributed by atoms with Gasteiger partial charge in [-0.15, -0.1) is 0 Å². The van der Waals surface area contributed by atoms with Crippen LogP contribution in [0.4, 0.5) is 0 Å². The first-order chi connectivity index (χ1) is 11.8. The van der Waals surface area contributed by atoms with Crippen LogP contribution in [0.1, 0.15) is 30.4 Å². The second-order valence-corrected chi connectivity index (χ2v) is 8.98. The number of likely N-dealkylation sites (tertiary alicyclic amines) is 1. The normalized spacial score (nSPS) is 41.1. The maximum atomic E-state index is 11.3. The van der Waals surface area contributed by atoms with Gasteiger partial charge in [0.05, 0.1) is 25.0 Å². The molecule has 1 saturated carbocycles. The van der Waals surface area contributed by atoms with Crippen LogP contribution in [0, 0.1) is 5.92 Å². The third kappa shape index (κ3) is 1.99. The van der Waals surface area contributed by atoms with Crippen LogP contribution in [0.15, 0.2) is 12.1 Å². The molecule has 5 rings (SSSR count). The van der Waals surface area contributed by atoms with Crippen molar-refractivity contribution >= 4 is 10.4 Å². The van der Waals surface area contributed by atoms with Crippen molar-refractivity contribution in [3.05, 3.63) is 23.3 Å². The molecule has 3 N–H and O–H groups in total. The number of quaternary nitrogens is 1. The lowest BCUT2D eigenvalue weighted by atomic mass is 9.51. The summed E-state index contributed by atoms with van der Waals surface area (Å²) in [4.78, 5) is 1.50. The highest BCUT2D eigenvalue weighted by Crippen LogP contribution is 2.62. The molecule has 0 aromatic heterocycles. The van der Waals surface area contributed by atoms with Crippen molar-refractivity contribution in [3.63, 3.8) is 0 Å². The van der Waals surface area contributed by atoms with Crippen LogP contribution in [-0.2, 0) is 26.4 Å². The molecule has 1 saturated heterocycles. The fraction of sp³-hybridized carbons (Fsp3) is 0.647. The number of piperidine rings is 1. The largest absolute Gasteiger partial charge is 0.504 e. The minimum Gasteiger partial charge on any atom is -0.504 e. The highest BCUT2D eigenvalue weighted by molar-refractivity contribution is 7.80. The van der Waals surface area contributed by atoms with Crippen molar-refractivity contribution in [1.29, 1.82) is 0 Å². The topological polar surface area (TPSA) is 97.5 Å². The van der Waals surface area contributed by atoms with E-state index in [-0.39, 0.29) is 11.2 Å². The maximum Gasteiger partial charge on any atom is 0.397 e. The molecule has 25 heavy (non-hydrogen) atoms. The Morgan fingerprint density at radius 1 is 1.36 bits per heavy atom. The molecule has 0 radical (unpaired) electrons. The van der Waals surface area contributed by atoms with Gasteiger partial charge in [0.25, 0.3) is 0 Å². The van der Waals surface area contributed by atoms with Crippen molar-refractivity contribution in [1.82, 2.24) is 0 Å². The third-order valence-corrected chi connectivity index (χ3v) is 7.43. The number of phenols is 1. The molecule has 2 fully saturated rings. The van der Waals surface area contributed by atoms with Crippen LogP contribution >= 0.6 is 0 Å². The zero-order chi connectivity index (χ0) is 17.6. The van der Waals surface area contributed by atoms with Gasteiger partial charge in [-0.1, -0.05) is 6.07 Å². The molecule has 8 heteroatoms. The van der Waals surface area contributed by atoms with Gasteiger partial charge in [0, 0.05) is 24.3 Å². The lowest BCUT2D eigenvalue weighted by Crippen LogP contribution is -3.16. The fourth-order valence-corrected chi connectivity index (χ4v) is 6.61. The molecule has 6 atom stereocenters. The molecule has 1 spiro atoms. The molecule has 2 aliphatic heterocycles. The summed E-state index contributed by atoms with van der Waals surface area (Å²) in [7, 11) is -2.34. The molecule has 2 bridgehead atoms. The fourth-order valence-electron chi connectivity index (χ4n) is 6.10. The number of ether oxygens (including phenoxy) is 1. The standard InChI is InChI=1S/C17H21NO6S/c1-18-7-6-17-10-3-5-13(24-25(20,21)22)16(17)23-15-12(19)4-2-9(14(15)17)8-11(10)18/h2,4,10-11,13,16,19H,3,5-8H2,1H3,(H,20,21,22)/p+1. The molecule has 1 aromatic carbocycles. The maximum absolute atomic E-state index is 11.3. The second-order valence-electron chi connectivity index (χ2n) is 7.93. The van der Waals surface area contributed by atoms with Gasteiger partial charge in [0.2, 0.25) is 0 Å². The number of hydrogen-bond donors (Lipinski definition) is 3. The molecule has 2 heterocycles. The second kappa shape index (κ2) is 4.88. The molecular formula is C17H22NO6S+. The Bertz CT molecular complexity index is 855. The number of rotatable bonds is 2. The molecule has 6 unspecified atom stereocenters. The van der Waals surface area contributed by atoms with Crippen molar-refractivity contribution < 1.29 is 31.9 Å². The smallest absolute Gasteiger partial charge is 0.397 e. The molecule has 1 aromatic rings. The van der Waals surface area contributed by atoms with Crippen molar-refractivity contribution in [2.24, 2.45) is 5.92 Å². The Morgan fingerprint density at radius 3 is 2.92 bits per heavy atom. The average Bonchev–Trinajstić information content (AvgIpc) is 2.88. The van der Waals surface area contributed by atoms with E-state index >= 15 is 0 Å². The minimum atomic E-state index is -4.56. The summed E-state index contributed by atoms with van der Waals surface area (Å²) in [5, 5.41) is 10.3. The van der Waals surface area contributed by atoms with E-state index in [1.807, 2.05) is 6.07 Å². The lowest BCUT2D eigenvalue weighted by Gasteiger charge is -2.56. The number of hydrogen-bond acceptors (Lipinski definition) is 5. The third-order valence-electron chi connectivity index (χ3n) is 6.94. The van der Waals surface area contributed by atoms with E-state index in [0.29, 0.717) is 24.1 Å². The Hall–Kier alpha value is -1.35. The van der Waals surface area contributed by atoms with Crippen LogP contribution in [0.2, 0.25) is 0 Å². The number of aromatic hydroxyl groups is 1. The van der Waals surface area contributed by atoms with Crippen LogP contribution in [-0.4, -0.2) is 49.9 Å². The summed E-state index contributed by atoms with van der Waals surface area (Å²) in [5.74, 6) is 0.941. The van der Waals surface area contributed by atoms with Crippen LogP contribution in [0.25, 0.3) is 0 Å². The zero-order valence-electron chi connectivity index (χ0n) is 13.9. The van der Waals surface area contributed by atoms with E-state index in [1.165, 1.54) is 10.5 Å². The molecule has 136 valence electrons. The monoisotopic (exact) mass is 368 g/mol. The summed E-state index contributed by atoms with van der Waals surface area (Å²) in [6.07, 6.45) is 1.93. The van der Waals surface area contributed by atoms with Gasteiger partial charge in [0.1, 0.15) is 12.2 Å². The predicted octanol–water partition coefficient (Wildman–Crippen LogP) is -0.168. The van der Waals surface area contributed by atoms with Gasteiger partial charge in [-0.05, 0) is 24.5 Å². The van der Waals surface area contributed by atoms with Gasteiger partial charge in [0.15, 0.2) is 11.5 Å². The highest BCUT2D eigenvalue weighted by atomic mass is 32.3. The molecule has 7 nitrogen and oxygen atoms in total. The first kappa shape index (κ1) is 15.9. The first-order valence-corrected chi connectivity index (χ1v) is 10.2. The van der Waals surface area contributed by atoms with Crippen molar-refractivity contribution in [2.75, 3.05) is 13.6 Å². The summed E-state index contributed by atoms with van der Waals surface area (Å²) in [6.45, 7) is 0.966. The van der Waals surface area contributed by atoms with E-state index in [4.69, 9.17) is 8.92 Å². The Kier molecular flexibility index (Phi) is 3.10. The van der Waals surface area contributed by atoms with E-state index in [9.17, 15) is 18.1 Å². The zero-order valence-corrected chi connectivity index (χ0v) is 14.8. The lowest BCUT2D eigenvalue weighted by molar-refractivity contribution is -0.919. The van der Waals surface area contributed by atoms with Crippen LogP contribution in [0.3, 0.4) is 0 Å². The van der Waals surface area contributed by atoms with Crippen LogP contribution < -0.4 is 9.64 Å². The van der Waals surface area contributed by atoms with E-state index < -0.39 is 22.6 Å². The number of likely N-dealkylation sites (N-methyl/N-ethyl adjacent to an activating group) is 1. The van der Waals surface area contributed by atoms with Gasteiger partial charge < -0.3 is 14.7 Å². The average molecular weight is 368 g/mol. The predicted molar refractivity (Wildman–Crippen MR) is 87.2 cm³/mol. The Labute approximate surface area is 146 Å². The first-order valence-electron chi connectivity index (χ1n) is 8.81. The summed E-state index contributed by atoms with van der Waals surface area (Å²) in [5.41, 5.74) is 1.90. The van der Waals surface area contributed by atoms with Gasteiger partial charge in [-0.3, -0.25) is 4.55 Å². The van der Waals surface area contributed by atoms with Gasteiger partial charge in [-0.25, -0.2) is 4.18 Å². The quantitative estimate of drug-likeness (QED) is 0.627. The molecular weight excluding hydrogens is 346 g/mol. The van der Waals surface area contributed by atoms with Gasteiger partial charge >= 0.3 is 10.4 Å². The molecule has 0 amide bonds. The van der Waals surface area contributed by atoms with Gasteiger partial charge in [-0.2, -0.15) is 8.42 Å². The number of benzene rings is 1. The van der Waals surface area contributed by atoms with E-state index in [2.05, 4.69) is 7.05 Å². The summed E-state index contributed by atoms with van der Waals surface area (Å²) >= 11 is 0. The number of nitrogens with one attached hydrogen (secondary N) is 1. The molecule has 2 aliphatic carbocycles. The highest BCUT2D eigenvalue weighted by Gasteiger charge is 2.67. The molecule has 4 aliphatic rings.